The van der Waals surface area contributed by atoms with E-state index in [-0.39, 0.29) is 0 Å². The van der Waals surface area contributed by atoms with Gasteiger partial charge in [0.25, 0.3) is 0 Å². The van der Waals surface area contributed by atoms with Gasteiger partial charge in [-0.1, -0.05) is 12.1 Å². The Balaban J connectivity index is 1.45. The number of urea groups is 2. The first-order valence-corrected chi connectivity index (χ1v) is 12.0. The van der Waals surface area contributed by atoms with Gasteiger partial charge in [-0.2, -0.15) is 0 Å². The van der Waals surface area contributed by atoms with Crippen LogP contribution in [0.4, 0.5) is 21.0 Å². The van der Waals surface area contributed by atoms with Gasteiger partial charge in [0.15, 0.2) is 0 Å². The first-order chi connectivity index (χ1) is 17.2. The van der Waals surface area contributed by atoms with E-state index in [2.05, 4.69) is 10.6 Å². The molecular weight excluding hydrogens is 464 g/mol. The van der Waals surface area contributed by atoms with E-state index in [9.17, 15) is 29.4 Å². The average Bonchev–Trinajstić information content (AvgIpc) is 3.52. The summed E-state index contributed by atoms with van der Waals surface area (Å²) in [6.07, 6.45) is 2.23. The fraction of sp³-hybridized carbons (Fsp3) is 0.385. The molecule has 4 N–H and O–H groups in total. The molecule has 36 heavy (non-hydrogen) atoms. The maximum absolute atomic E-state index is 12.6. The first kappa shape index (κ1) is 25.0. The largest absolute Gasteiger partial charge is 0.480 e. The number of carbonyl (C=O) groups is 4. The highest BCUT2D eigenvalue weighted by molar-refractivity contribution is 5.95. The first-order valence-electron chi connectivity index (χ1n) is 12.0. The van der Waals surface area contributed by atoms with Gasteiger partial charge in [0.2, 0.25) is 0 Å². The van der Waals surface area contributed by atoms with Crippen LogP contribution in [-0.4, -0.2) is 69.2 Å². The summed E-state index contributed by atoms with van der Waals surface area (Å²) >= 11 is 0. The molecule has 0 bridgehead atoms. The maximum atomic E-state index is 12.6. The van der Waals surface area contributed by atoms with Gasteiger partial charge in [0.05, 0.1) is 0 Å². The molecule has 0 aliphatic carbocycles. The number of nitrogens with one attached hydrogen (secondary N) is 2. The molecule has 0 unspecified atom stereocenters. The lowest BCUT2D eigenvalue weighted by Crippen LogP contribution is -2.42. The molecule has 0 radical (unpaired) electrons. The number of rotatable bonds is 5. The third-order valence-electron chi connectivity index (χ3n) is 6.87. The van der Waals surface area contributed by atoms with Crippen molar-refractivity contribution in [3.05, 3.63) is 47.5 Å². The Hall–Kier alpha value is -4.08. The number of benzene rings is 2. The Morgan fingerprint density at radius 2 is 1.11 bits per heavy atom. The highest BCUT2D eigenvalue weighted by Crippen LogP contribution is 2.29. The second-order valence-corrected chi connectivity index (χ2v) is 9.30. The fourth-order valence-electron chi connectivity index (χ4n) is 4.87. The van der Waals surface area contributed by atoms with Gasteiger partial charge in [-0.3, -0.25) is 0 Å². The Labute approximate surface area is 208 Å². The third kappa shape index (κ3) is 5.12. The van der Waals surface area contributed by atoms with E-state index in [0.29, 0.717) is 50.1 Å². The molecular formula is C26H30N4O6. The Bertz CT molecular complexity index is 1120. The summed E-state index contributed by atoms with van der Waals surface area (Å²) in [7, 11) is 0. The Morgan fingerprint density at radius 3 is 1.44 bits per heavy atom. The van der Waals surface area contributed by atoms with Gasteiger partial charge >= 0.3 is 24.0 Å². The summed E-state index contributed by atoms with van der Waals surface area (Å²) < 4.78 is 0. The topological polar surface area (TPSA) is 139 Å². The van der Waals surface area contributed by atoms with Crippen LogP contribution in [0.15, 0.2) is 36.4 Å². The van der Waals surface area contributed by atoms with E-state index < -0.39 is 36.1 Å². The second-order valence-electron chi connectivity index (χ2n) is 9.30. The zero-order chi connectivity index (χ0) is 26.0. The molecule has 2 atom stereocenters. The zero-order valence-corrected chi connectivity index (χ0v) is 20.3. The number of amides is 4. The summed E-state index contributed by atoms with van der Waals surface area (Å²) in [6, 6.07) is 8.75. The van der Waals surface area contributed by atoms with Gasteiger partial charge in [-0.05, 0) is 86.1 Å². The Kier molecular flexibility index (Phi) is 7.14. The maximum Gasteiger partial charge on any atom is 0.326 e. The summed E-state index contributed by atoms with van der Waals surface area (Å²) in [5.41, 5.74) is 4.72. The van der Waals surface area contributed by atoms with Crippen LogP contribution < -0.4 is 10.6 Å². The number of anilines is 2. The molecule has 4 rings (SSSR count). The number of aliphatic carboxylic acids is 2. The molecule has 0 saturated carbocycles. The van der Waals surface area contributed by atoms with Crippen molar-refractivity contribution in [3.8, 4) is 11.1 Å². The monoisotopic (exact) mass is 494 g/mol. The van der Waals surface area contributed by atoms with E-state index in [0.717, 1.165) is 22.3 Å². The predicted molar refractivity (Wildman–Crippen MR) is 134 cm³/mol. The van der Waals surface area contributed by atoms with E-state index in [1.165, 1.54) is 9.80 Å². The molecule has 0 spiro atoms. The summed E-state index contributed by atoms with van der Waals surface area (Å²) in [4.78, 5) is 50.8. The molecule has 0 aromatic heterocycles. The highest BCUT2D eigenvalue weighted by atomic mass is 16.4. The van der Waals surface area contributed by atoms with Crippen LogP contribution >= 0.6 is 0 Å². The molecule has 10 nitrogen and oxygen atoms in total. The van der Waals surface area contributed by atoms with Crippen LogP contribution in [0.1, 0.15) is 36.8 Å². The van der Waals surface area contributed by atoms with Crippen LogP contribution in [0.25, 0.3) is 11.1 Å². The SMILES string of the molecule is Cc1cc(-c2ccc(NC(=O)N3CCC[C@H]3C(=O)O)c(C)c2)ccc1NC(=O)N1CCC[C@H]1C(=O)O. The predicted octanol–water partition coefficient (Wildman–Crippen LogP) is 4.13. The minimum absolute atomic E-state index is 0.414. The number of likely N-dealkylation sites (tertiary alicyclic amines) is 2. The van der Waals surface area contributed by atoms with E-state index in [4.69, 9.17) is 0 Å². The van der Waals surface area contributed by atoms with Crippen molar-refractivity contribution in [1.29, 1.82) is 0 Å². The van der Waals surface area contributed by atoms with Crippen molar-refractivity contribution in [3.63, 3.8) is 0 Å². The molecule has 10 heteroatoms. The van der Waals surface area contributed by atoms with Gasteiger partial charge in [0, 0.05) is 24.5 Å². The highest BCUT2D eigenvalue weighted by Gasteiger charge is 2.35. The minimum Gasteiger partial charge on any atom is -0.480 e. The van der Waals surface area contributed by atoms with Crippen LogP contribution in [-0.2, 0) is 9.59 Å². The summed E-state index contributed by atoms with van der Waals surface area (Å²) in [5, 5.41) is 24.3. The quantitative estimate of drug-likeness (QED) is 0.493. The van der Waals surface area contributed by atoms with Crippen molar-refractivity contribution in [2.24, 2.45) is 0 Å². The number of carboxylic acids is 2. The van der Waals surface area contributed by atoms with Crippen molar-refractivity contribution in [2.75, 3.05) is 23.7 Å². The summed E-state index contributed by atoms with van der Waals surface area (Å²) in [5.74, 6) is -1.99. The van der Waals surface area contributed by atoms with E-state index in [1.54, 1.807) is 12.1 Å². The summed E-state index contributed by atoms with van der Waals surface area (Å²) in [6.45, 7) is 4.57. The number of hydrogen-bond donors (Lipinski definition) is 4. The van der Waals surface area contributed by atoms with Crippen molar-refractivity contribution in [1.82, 2.24) is 9.80 Å². The second kappa shape index (κ2) is 10.3. The van der Waals surface area contributed by atoms with Crippen LogP contribution in [0.3, 0.4) is 0 Å². The lowest BCUT2D eigenvalue weighted by Gasteiger charge is -2.23. The number of nitrogens with zero attached hydrogens (tertiary/aromatic N) is 2. The third-order valence-corrected chi connectivity index (χ3v) is 6.87. The van der Waals surface area contributed by atoms with Crippen LogP contribution in [0.2, 0.25) is 0 Å². The number of hydrogen-bond acceptors (Lipinski definition) is 4. The lowest BCUT2D eigenvalue weighted by molar-refractivity contribution is -0.142. The fourth-order valence-corrected chi connectivity index (χ4v) is 4.87. The zero-order valence-electron chi connectivity index (χ0n) is 20.3. The van der Waals surface area contributed by atoms with Crippen molar-refractivity contribution >= 4 is 35.4 Å². The molecule has 2 heterocycles. The van der Waals surface area contributed by atoms with Crippen LogP contribution in [0.5, 0.6) is 0 Å². The molecule has 2 aliphatic heterocycles. The van der Waals surface area contributed by atoms with Gasteiger partial charge in [0.1, 0.15) is 12.1 Å². The standard InChI is InChI=1S/C26H30N4O6/c1-15-13-17(7-9-19(15)27-25(35)29-11-3-5-21(29)23(31)32)18-8-10-20(16(2)14-18)28-26(36)30-12-4-6-22(30)24(33)34/h7-10,13-14,21-22H,3-6,11-12H2,1-2H3,(H,27,35)(H,28,36)(H,31,32)(H,33,34)/t21-,22-/m0/s1. The van der Waals surface area contributed by atoms with Gasteiger partial charge in [-0.15, -0.1) is 0 Å². The minimum atomic E-state index is -0.994. The van der Waals surface area contributed by atoms with E-state index >= 15 is 0 Å². The Morgan fingerprint density at radius 1 is 0.722 bits per heavy atom. The number of carboxylic acid groups (broad SMARTS) is 2. The van der Waals surface area contributed by atoms with Gasteiger partial charge < -0.3 is 30.6 Å². The van der Waals surface area contributed by atoms with Crippen molar-refractivity contribution in [2.45, 2.75) is 51.6 Å². The normalized spacial score (nSPS) is 19.3. The average molecular weight is 495 g/mol. The molecule has 2 aliphatic rings. The molecule has 2 aromatic carbocycles. The van der Waals surface area contributed by atoms with Gasteiger partial charge in [-0.25, -0.2) is 19.2 Å². The lowest BCUT2D eigenvalue weighted by atomic mass is 10.00. The molecule has 2 aromatic rings. The molecule has 4 amide bonds. The number of carbonyl (C=O) groups excluding carboxylic acids is 2. The number of aryl methyl sites for hydroxylation is 2. The van der Waals surface area contributed by atoms with E-state index in [1.807, 2.05) is 38.1 Å². The smallest absolute Gasteiger partial charge is 0.326 e. The van der Waals surface area contributed by atoms with Crippen LogP contribution in [0, 0.1) is 13.8 Å². The van der Waals surface area contributed by atoms with Crippen molar-refractivity contribution < 1.29 is 29.4 Å². The molecule has 2 fully saturated rings. The molecule has 2 saturated heterocycles. The molecule has 190 valence electrons.